The fraction of sp³-hybridized carbons (Fsp3) is 0.667. The Morgan fingerprint density at radius 2 is 2.14 bits per heavy atom. The monoisotopic (exact) mass is 290 g/mol. The smallest absolute Gasteiger partial charge is 0.257 e. The molecule has 2 aliphatic heterocycles. The molecular formula is C15H22N4O2. The van der Waals surface area contributed by atoms with Crippen molar-refractivity contribution in [3.05, 3.63) is 17.5 Å². The summed E-state index contributed by atoms with van der Waals surface area (Å²) in [5, 5.41) is 0. The standard InChI is InChI=1S/C15H22N4O2/c1-11-3-5-18(6-4-11)15-16-9-12-13(17-15)10-19(14(12)20)7-8-21-2/h9,11H,3-8,10H2,1-2H3. The second-order valence-electron chi connectivity index (χ2n) is 5.92. The number of amides is 1. The lowest BCUT2D eigenvalue weighted by Gasteiger charge is -2.30. The molecule has 0 atom stereocenters. The third-order valence-corrected chi connectivity index (χ3v) is 4.35. The number of aromatic nitrogens is 2. The predicted molar refractivity (Wildman–Crippen MR) is 79.3 cm³/mol. The van der Waals surface area contributed by atoms with Gasteiger partial charge < -0.3 is 14.5 Å². The van der Waals surface area contributed by atoms with E-state index in [2.05, 4.69) is 21.8 Å². The second-order valence-corrected chi connectivity index (χ2v) is 5.92. The molecular weight excluding hydrogens is 268 g/mol. The molecule has 0 saturated carbocycles. The molecule has 3 rings (SSSR count). The lowest BCUT2D eigenvalue weighted by molar-refractivity contribution is 0.0718. The summed E-state index contributed by atoms with van der Waals surface area (Å²) in [6.07, 6.45) is 4.05. The van der Waals surface area contributed by atoms with Crippen molar-refractivity contribution >= 4 is 11.9 Å². The van der Waals surface area contributed by atoms with Gasteiger partial charge in [-0.2, -0.15) is 0 Å². The molecule has 1 aromatic heterocycles. The molecule has 1 fully saturated rings. The summed E-state index contributed by atoms with van der Waals surface area (Å²) in [6.45, 7) is 6.00. The van der Waals surface area contributed by atoms with Crippen molar-refractivity contribution in [2.45, 2.75) is 26.3 Å². The zero-order valence-electron chi connectivity index (χ0n) is 12.7. The summed E-state index contributed by atoms with van der Waals surface area (Å²) >= 11 is 0. The predicted octanol–water partition coefficient (Wildman–Crippen LogP) is 1.32. The maximum absolute atomic E-state index is 12.2. The average Bonchev–Trinajstić information content (AvgIpc) is 2.82. The van der Waals surface area contributed by atoms with Gasteiger partial charge in [-0.05, 0) is 18.8 Å². The van der Waals surface area contributed by atoms with E-state index in [1.54, 1.807) is 18.2 Å². The molecule has 1 aromatic rings. The van der Waals surface area contributed by atoms with E-state index in [1.807, 2.05) is 0 Å². The minimum atomic E-state index is 0.0147. The topological polar surface area (TPSA) is 58.6 Å². The van der Waals surface area contributed by atoms with E-state index in [0.29, 0.717) is 25.3 Å². The van der Waals surface area contributed by atoms with Crippen molar-refractivity contribution in [2.24, 2.45) is 5.92 Å². The average molecular weight is 290 g/mol. The number of carbonyl (C=O) groups excluding carboxylic acids is 1. The number of nitrogens with zero attached hydrogens (tertiary/aromatic N) is 4. The van der Waals surface area contributed by atoms with E-state index in [0.717, 1.165) is 30.6 Å². The van der Waals surface area contributed by atoms with Crippen LogP contribution in [0, 0.1) is 5.92 Å². The highest BCUT2D eigenvalue weighted by Crippen LogP contribution is 2.24. The first-order valence-corrected chi connectivity index (χ1v) is 7.58. The Balaban J connectivity index is 1.73. The van der Waals surface area contributed by atoms with E-state index in [4.69, 9.17) is 4.74 Å². The van der Waals surface area contributed by atoms with Gasteiger partial charge in [-0.1, -0.05) is 6.92 Å². The van der Waals surface area contributed by atoms with Gasteiger partial charge in [0.25, 0.3) is 5.91 Å². The van der Waals surface area contributed by atoms with Gasteiger partial charge in [0.2, 0.25) is 5.95 Å². The third kappa shape index (κ3) is 2.85. The molecule has 2 aliphatic rings. The minimum Gasteiger partial charge on any atom is -0.383 e. The maximum atomic E-state index is 12.2. The highest BCUT2D eigenvalue weighted by molar-refractivity contribution is 5.97. The first-order valence-electron chi connectivity index (χ1n) is 7.58. The highest BCUT2D eigenvalue weighted by Gasteiger charge is 2.30. The number of piperidine rings is 1. The lowest BCUT2D eigenvalue weighted by atomic mass is 10.00. The van der Waals surface area contributed by atoms with Crippen LogP contribution in [0.1, 0.15) is 35.8 Å². The molecule has 0 N–H and O–H groups in total. The highest BCUT2D eigenvalue weighted by atomic mass is 16.5. The number of rotatable bonds is 4. The van der Waals surface area contributed by atoms with E-state index in [9.17, 15) is 4.79 Å². The normalized spacial score (nSPS) is 19.2. The van der Waals surface area contributed by atoms with Gasteiger partial charge in [0, 0.05) is 32.9 Å². The van der Waals surface area contributed by atoms with Crippen LogP contribution in [0.4, 0.5) is 5.95 Å². The van der Waals surface area contributed by atoms with Gasteiger partial charge >= 0.3 is 0 Å². The van der Waals surface area contributed by atoms with Crippen molar-refractivity contribution in [1.29, 1.82) is 0 Å². The van der Waals surface area contributed by atoms with Crippen molar-refractivity contribution in [1.82, 2.24) is 14.9 Å². The zero-order valence-corrected chi connectivity index (χ0v) is 12.7. The summed E-state index contributed by atoms with van der Waals surface area (Å²) < 4.78 is 5.04. The van der Waals surface area contributed by atoms with Crippen molar-refractivity contribution < 1.29 is 9.53 Å². The number of hydrogen-bond donors (Lipinski definition) is 0. The van der Waals surface area contributed by atoms with E-state index < -0.39 is 0 Å². The Labute approximate surface area is 125 Å². The van der Waals surface area contributed by atoms with Gasteiger partial charge in [-0.3, -0.25) is 4.79 Å². The minimum absolute atomic E-state index is 0.0147. The maximum Gasteiger partial charge on any atom is 0.257 e. The SMILES string of the molecule is COCCN1Cc2nc(N3CCC(C)CC3)ncc2C1=O. The van der Waals surface area contributed by atoms with E-state index >= 15 is 0 Å². The van der Waals surface area contributed by atoms with Crippen LogP contribution in [0.25, 0.3) is 0 Å². The van der Waals surface area contributed by atoms with Crippen molar-refractivity contribution in [3.63, 3.8) is 0 Å². The molecule has 6 nitrogen and oxygen atoms in total. The summed E-state index contributed by atoms with van der Waals surface area (Å²) in [4.78, 5) is 25.2. The number of methoxy groups -OCH3 is 1. The number of ether oxygens (including phenoxy) is 1. The first kappa shape index (κ1) is 14.3. The zero-order chi connectivity index (χ0) is 14.8. The molecule has 3 heterocycles. The number of carbonyl (C=O) groups is 1. The van der Waals surface area contributed by atoms with Gasteiger partial charge in [0.15, 0.2) is 0 Å². The number of hydrogen-bond acceptors (Lipinski definition) is 5. The molecule has 0 spiro atoms. The summed E-state index contributed by atoms with van der Waals surface area (Å²) in [7, 11) is 1.64. The first-order chi connectivity index (χ1) is 10.2. The van der Waals surface area contributed by atoms with Gasteiger partial charge in [-0.25, -0.2) is 9.97 Å². The number of fused-ring (bicyclic) bond motifs is 1. The molecule has 6 heteroatoms. The molecule has 0 aliphatic carbocycles. The van der Waals surface area contributed by atoms with Crippen LogP contribution >= 0.6 is 0 Å². The fourth-order valence-electron chi connectivity index (χ4n) is 2.87. The largest absolute Gasteiger partial charge is 0.383 e. The third-order valence-electron chi connectivity index (χ3n) is 4.35. The van der Waals surface area contributed by atoms with Crippen LogP contribution in [0.15, 0.2) is 6.20 Å². The molecule has 0 aromatic carbocycles. The van der Waals surface area contributed by atoms with Crippen molar-refractivity contribution in [3.8, 4) is 0 Å². The van der Waals surface area contributed by atoms with E-state index in [1.165, 1.54) is 12.8 Å². The fourth-order valence-corrected chi connectivity index (χ4v) is 2.87. The molecule has 21 heavy (non-hydrogen) atoms. The molecule has 1 saturated heterocycles. The van der Waals surface area contributed by atoms with Crippen LogP contribution < -0.4 is 4.90 Å². The number of anilines is 1. The van der Waals surface area contributed by atoms with Gasteiger partial charge in [0.05, 0.1) is 24.4 Å². The van der Waals surface area contributed by atoms with Crippen molar-refractivity contribution in [2.75, 3.05) is 38.3 Å². The molecule has 114 valence electrons. The lowest BCUT2D eigenvalue weighted by Crippen LogP contribution is -2.34. The Morgan fingerprint density at radius 1 is 1.38 bits per heavy atom. The van der Waals surface area contributed by atoms with Crippen LogP contribution in [-0.2, 0) is 11.3 Å². The summed E-state index contributed by atoms with van der Waals surface area (Å²) in [5.41, 5.74) is 1.49. The summed E-state index contributed by atoms with van der Waals surface area (Å²) in [6, 6.07) is 0. The Morgan fingerprint density at radius 3 is 2.86 bits per heavy atom. The van der Waals surface area contributed by atoms with Gasteiger partial charge in [0.1, 0.15) is 0 Å². The Hall–Kier alpha value is -1.69. The second kappa shape index (κ2) is 5.97. The quantitative estimate of drug-likeness (QED) is 0.837. The van der Waals surface area contributed by atoms with Gasteiger partial charge in [-0.15, -0.1) is 0 Å². The molecule has 0 radical (unpaired) electrons. The molecule has 1 amide bonds. The molecule has 0 bridgehead atoms. The van der Waals surface area contributed by atoms with Crippen LogP contribution in [0.5, 0.6) is 0 Å². The molecule has 0 unspecified atom stereocenters. The van der Waals surface area contributed by atoms with Crippen LogP contribution in [-0.4, -0.2) is 54.1 Å². The van der Waals surface area contributed by atoms with Crippen LogP contribution in [0.2, 0.25) is 0 Å². The Bertz CT molecular complexity index is 526. The Kier molecular flexibility index (Phi) is 4.05. The van der Waals surface area contributed by atoms with Crippen LogP contribution in [0.3, 0.4) is 0 Å². The summed E-state index contributed by atoms with van der Waals surface area (Å²) in [5.74, 6) is 1.56. The van der Waals surface area contributed by atoms with E-state index in [-0.39, 0.29) is 5.91 Å².